The Morgan fingerprint density at radius 3 is 1.82 bits per heavy atom. The lowest BCUT2D eigenvalue weighted by molar-refractivity contribution is -0.124. The lowest BCUT2D eigenvalue weighted by atomic mass is 9.76. The first-order valence-corrected chi connectivity index (χ1v) is 9.26. The number of nitrogens with one attached hydrogen (secondary N) is 1. The van der Waals surface area contributed by atoms with Crippen LogP contribution in [0.3, 0.4) is 0 Å². The lowest BCUT2D eigenvalue weighted by Crippen LogP contribution is -2.49. The maximum Gasteiger partial charge on any atom is 0.223 e. The molecule has 0 aliphatic heterocycles. The third-order valence-electron chi connectivity index (χ3n) is 4.82. The van der Waals surface area contributed by atoms with Gasteiger partial charge in [-0.3, -0.25) is 4.79 Å². The standard InChI is InChI=1S/C24H24N2O2/c1-18-12-14-21(15-13-18)24(19-8-4-2-5-9-19,20-10-6-3-7-11-20)26-23(28)16-22(25)17-27/h2-15,17,22H,16,25H2,1H3,(H,26,28). The highest BCUT2D eigenvalue weighted by Gasteiger charge is 2.38. The molecule has 0 aliphatic rings. The van der Waals surface area contributed by atoms with Crippen LogP contribution in [0.4, 0.5) is 0 Å². The zero-order chi connectivity index (χ0) is 20.0. The molecule has 0 radical (unpaired) electrons. The molecule has 0 fully saturated rings. The van der Waals surface area contributed by atoms with Crippen molar-refractivity contribution in [1.82, 2.24) is 5.32 Å². The summed E-state index contributed by atoms with van der Waals surface area (Å²) in [6, 6.07) is 26.9. The number of aldehydes is 1. The number of nitrogens with two attached hydrogens (primary N) is 1. The van der Waals surface area contributed by atoms with Gasteiger partial charge in [-0.2, -0.15) is 0 Å². The minimum Gasteiger partial charge on any atom is -0.338 e. The SMILES string of the molecule is Cc1ccc(C(NC(=O)CC(N)C=O)(c2ccccc2)c2ccccc2)cc1. The van der Waals surface area contributed by atoms with Crippen molar-refractivity contribution < 1.29 is 9.59 Å². The van der Waals surface area contributed by atoms with E-state index in [0.717, 1.165) is 22.3 Å². The number of rotatable bonds is 7. The average molecular weight is 372 g/mol. The second-order valence-electron chi connectivity index (χ2n) is 6.90. The van der Waals surface area contributed by atoms with Gasteiger partial charge in [0.05, 0.1) is 6.04 Å². The van der Waals surface area contributed by atoms with Crippen LogP contribution in [-0.2, 0) is 15.1 Å². The quantitative estimate of drug-likeness (QED) is 0.494. The molecule has 3 rings (SSSR count). The zero-order valence-electron chi connectivity index (χ0n) is 15.8. The lowest BCUT2D eigenvalue weighted by Gasteiger charge is -2.37. The highest BCUT2D eigenvalue weighted by atomic mass is 16.2. The number of hydrogen-bond acceptors (Lipinski definition) is 3. The predicted octanol–water partition coefficient (Wildman–Crippen LogP) is 3.32. The molecule has 1 amide bonds. The Morgan fingerprint density at radius 1 is 0.893 bits per heavy atom. The summed E-state index contributed by atoms with van der Waals surface area (Å²) in [5.41, 5.74) is 8.73. The number of carbonyl (C=O) groups excluding carboxylic acids is 2. The second kappa shape index (κ2) is 8.63. The highest BCUT2D eigenvalue weighted by molar-refractivity contribution is 5.82. The fraction of sp³-hybridized carbons (Fsp3) is 0.167. The van der Waals surface area contributed by atoms with Crippen LogP contribution in [0.1, 0.15) is 28.7 Å². The summed E-state index contributed by atoms with van der Waals surface area (Å²) in [7, 11) is 0. The number of benzene rings is 3. The van der Waals surface area contributed by atoms with Crippen LogP contribution in [0.2, 0.25) is 0 Å². The van der Waals surface area contributed by atoms with Crippen LogP contribution >= 0.6 is 0 Å². The molecule has 28 heavy (non-hydrogen) atoms. The zero-order valence-corrected chi connectivity index (χ0v) is 15.8. The number of carbonyl (C=O) groups is 2. The van der Waals surface area contributed by atoms with Crippen molar-refractivity contribution >= 4 is 12.2 Å². The van der Waals surface area contributed by atoms with Gasteiger partial charge in [-0.25, -0.2) is 0 Å². The van der Waals surface area contributed by atoms with E-state index in [2.05, 4.69) is 5.32 Å². The van der Waals surface area contributed by atoms with Crippen LogP contribution in [-0.4, -0.2) is 18.2 Å². The minimum absolute atomic E-state index is 0.0726. The number of amides is 1. The van der Waals surface area contributed by atoms with E-state index >= 15 is 0 Å². The van der Waals surface area contributed by atoms with Gasteiger partial charge in [0.15, 0.2) is 0 Å². The Kier molecular flexibility index (Phi) is 6.02. The van der Waals surface area contributed by atoms with Crippen LogP contribution < -0.4 is 11.1 Å². The monoisotopic (exact) mass is 372 g/mol. The molecule has 3 aromatic carbocycles. The first-order valence-electron chi connectivity index (χ1n) is 9.26. The molecule has 3 aromatic rings. The first-order chi connectivity index (χ1) is 13.6. The summed E-state index contributed by atoms with van der Waals surface area (Å²) in [6.45, 7) is 2.03. The van der Waals surface area contributed by atoms with E-state index in [1.807, 2.05) is 91.9 Å². The van der Waals surface area contributed by atoms with E-state index in [0.29, 0.717) is 6.29 Å². The van der Waals surface area contributed by atoms with Crippen molar-refractivity contribution in [1.29, 1.82) is 0 Å². The number of aryl methyl sites for hydroxylation is 1. The van der Waals surface area contributed by atoms with Gasteiger partial charge in [-0.05, 0) is 23.6 Å². The van der Waals surface area contributed by atoms with Crippen molar-refractivity contribution in [2.24, 2.45) is 5.73 Å². The second-order valence-corrected chi connectivity index (χ2v) is 6.90. The van der Waals surface area contributed by atoms with Gasteiger partial charge < -0.3 is 15.8 Å². The molecule has 0 spiro atoms. The molecule has 4 heteroatoms. The van der Waals surface area contributed by atoms with Gasteiger partial charge >= 0.3 is 0 Å². The summed E-state index contributed by atoms with van der Waals surface area (Å²) in [4.78, 5) is 23.8. The molecule has 1 atom stereocenters. The molecule has 0 saturated carbocycles. The van der Waals surface area contributed by atoms with Gasteiger partial charge in [0.2, 0.25) is 5.91 Å². The van der Waals surface area contributed by atoms with Crippen LogP contribution in [0.25, 0.3) is 0 Å². The predicted molar refractivity (Wildman–Crippen MR) is 111 cm³/mol. The molecular formula is C24H24N2O2. The maximum atomic E-state index is 12.9. The summed E-state index contributed by atoms with van der Waals surface area (Å²) in [5, 5.41) is 3.19. The molecule has 4 nitrogen and oxygen atoms in total. The molecule has 0 bridgehead atoms. The number of hydrogen-bond donors (Lipinski definition) is 2. The Morgan fingerprint density at radius 2 is 1.36 bits per heavy atom. The van der Waals surface area contributed by atoms with Gasteiger partial charge in [0, 0.05) is 6.42 Å². The van der Waals surface area contributed by atoms with Crippen molar-refractivity contribution in [3.63, 3.8) is 0 Å². The summed E-state index contributed by atoms with van der Waals surface area (Å²) in [6.07, 6.45) is 0.523. The van der Waals surface area contributed by atoms with Crippen molar-refractivity contribution in [2.45, 2.75) is 24.9 Å². The summed E-state index contributed by atoms with van der Waals surface area (Å²) < 4.78 is 0. The van der Waals surface area contributed by atoms with Gasteiger partial charge in [0.1, 0.15) is 11.8 Å². The minimum atomic E-state index is -0.893. The van der Waals surface area contributed by atoms with Crippen molar-refractivity contribution in [3.8, 4) is 0 Å². The van der Waals surface area contributed by atoms with Crippen LogP contribution in [0.15, 0.2) is 84.9 Å². The van der Waals surface area contributed by atoms with Gasteiger partial charge in [0.25, 0.3) is 0 Å². The van der Waals surface area contributed by atoms with E-state index < -0.39 is 11.6 Å². The molecule has 0 heterocycles. The Bertz CT molecular complexity index is 882. The fourth-order valence-corrected chi connectivity index (χ4v) is 3.42. The van der Waals surface area contributed by atoms with Crippen molar-refractivity contribution in [3.05, 3.63) is 107 Å². The van der Waals surface area contributed by atoms with E-state index in [9.17, 15) is 9.59 Å². The van der Waals surface area contributed by atoms with E-state index in [1.54, 1.807) is 0 Å². The van der Waals surface area contributed by atoms with Crippen LogP contribution in [0, 0.1) is 6.92 Å². The average Bonchev–Trinajstić information content (AvgIpc) is 2.74. The third-order valence-corrected chi connectivity index (χ3v) is 4.82. The Hall–Kier alpha value is -3.24. The van der Waals surface area contributed by atoms with Crippen molar-refractivity contribution in [2.75, 3.05) is 0 Å². The first kappa shape index (κ1) is 19.5. The molecular weight excluding hydrogens is 348 g/mol. The molecule has 0 aliphatic carbocycles. The fourth-order valence-electron chi connectivity index (χ4n) is 3.42. The van der Waals surface area contributed by atoms with Gasteiger partial charge in [-0.15, -0.1) is 0 Å². The molecule has 1 unspecified atom stereocenters. The summed E-state index contributed by atoms with van der Waals surface area (Å²) >= 11 is 0. The topological polar surface area (TPSA) is 72.2 Å². The highest BCUT2D eigenvalue weighted by Crippen LogP contribution is 2.37. The molecule has 142 valence electrons. The van der Waals surface area contributed by atoms with E-state index in [1.165, 1.54) is 0 Å². The van der Waals surface area contributed by atoms with Crippen LogP contribution in [0.5, 0.6) is 0 Å². The Labute approximate surface area is 165 Å². The normalized spacial score (nSPS) is 12.2. The van der Waals surface area contributed by atoms with Gasteiger partial charge in [-0.1, -0.05) is 90.5 Å². The summed E-state index contributed by atoms with van der Waals surface area (Å²) in [5.74, 6) is -0.284. The van der Waals surface area contributed by atoms with E-state index in [-0.39, 0.29) is 12.3 Å². The molecule has 3 N–H and O–H groups in total. The Balaban J connectivity index is 2.21. The van der Waals surface area contributed by atoms with E-state index in [4.69, 9.17) is 5.73 Å². The third kappa shape index (κ3) is 4.02. The smallest absolute Gasteiger partial charge is 0.223 e. The largest absolute Gasteiger partial charge is 0.338 e. The molecule has 0 aromatic heterocycles. The maximum absolute atomic E-state index is 12.9. The molecule has 0 saturated heterocycles.